The van der Waals surface area contributed by atoms with Gasteiger partial charge in [-0.1, -0.05) is 22.1 Å². The lowest BCUT2D eigenvalue weighted by molar-refractivity contribution is -0.0258. The first-order chi connectivity index (χ1) is 11.8. The smallest absolute Gasteiger partial charge is 0.264 e. The molecular formula is C16H17ClN2O5S. The van der Waals surface area contributed by atoms with E-state index in [1.807, 2.05) is 0 Å². The maximum absolute atomic E-state index is 12.4. The van der Waals surface area contributed by atoms with Crippen molar-refractivity contribution in [1.29, 1.82) is 0 Å². The fourth-order valence-electron chi connectivity index (χ4n) is 1.99. The van der Waals surface area contributed by atoms with E-state index in [9.17, 15) is 13.2 Å². The van der Waals surface area contributed by atoms with Crippen molar-refractivity contribution < 1.29 is 22.8 Å². The van der Waals surface area contributed by atoms with Crippen LogP contribution in [0.4, 0.5) is 5.69 Å². The third-order valence-electron chi connectivity index (χ3n) is 3.40. The van der Waals surface area contributed by atoms with Crippen LogP contribution in [0.15, 0.2) is 47.4 Å². The van der Waals surface area contributed by atoms with Crippen molar-refractivity contribution in [3.8, 4) is 5.75 Å². The molecule has 9 heteroatoms. The standard InChI is InChI=1S/C16H17ClN2O5S/c1-19(24-3)25(21,22)13-6-4-5-11(9-13)16(20)18-12-7-8-15(23-2)14(17)10-12/h4-10H,1-3H3,(H,18,20). The third-order valence-corrected chi connectivity index (χ3v) is 5.37. The quantitative estimate of drug-likeness (QED) is 0.774. The number of methoxy groups -OCH3 is 1. The molecule has 2 aromatic rings. The van der Waals surface area contributed by atoms with E-state index in [-0.39, 0.29) is 10.5 Å². The second-order valence-electron chi connectivity index (χ2n) is 4.93. The van der Waals surface area contributed by atoms with E-state index in [4.69, 9.17) is 21.2 Å². The van der Waals surface area contributed by atoms with Crippen molar-refractivity contribution in [2.45, 2.75) is 4.90 Å². The van der Waals surface area contributed by atoms with E-state index in [1.54, 1.807) is 12.1 Å². The molecule has 0 fully saturated rings. The molecule has 2 rings (SSSR count). The number of amides is 1. The highest BCUT2D eigenvalue weighted by atomic mass is 35.5. The van der Waals surface area contributed by atoms with E-state index in [0.29, 0.717) is 20.9 Å². The minimum atomic E-state index is -3.84. The van der Waals surface area contributed by atoms with Gasteiger partial charge in [0.05, 0.1) is 24.1 Å². The summed E-state index contributed by atoms with van der Waals surface area (Å²) < 4.78 is 30.3. The average molecular weight is 385 g/mol. The number of hydroxylamine groups is 1. The highest BCUT2D eigenvalue weighted by molar-refractivity contribution is 7.89. The van der Waals surface area contributed by atoms with Crippen LogP contribution in [0.3, 0.4) is 0 Å². The number of hydrogen-bond acceptors (Lipinski definition) is 5. The van der Waals surface area contributed by atoms with Gasteiger partial charge in [0.15, 0.2) is 0 Å². The molecule has 0 aliphatic rings. The van der Waals surface area contributed by atoms with E-state index in [2.05, 4.69) is 5.32 Å². The van der Waals surface area contributed by atoms with Crippen molar-refractivity contribution in [2.24, 2.45) is 0 Å². The van der Waals surface area contributed by atoms with E-state index >= 15 is 0 Å². The van der Waals surface area contributed by atoms with Crippen LogP contribution in [-0.2, 0) is 14.9 Å². The van der Waals surface area contributed by atoms with E-state index in [0.717, 1.165) is 0 Å². The maximum Gasteiger partial charge on any atom is 0.264 e. The molecular weight excluding hydrogens is 368 g/mol. The molecule has 0 aliphatic heterocycles. The van der Waals surface area contributed by atoms with E-state index < -0.39 is 15.9 Å². The Morgan fingerprint density at radius 2 is 1.88 bits per heavy atom. The lowest BCUT2D eigenvalue weighted by atomic mass is 10.2. The van der Waals surface area contributed by atoms with Crippen molar-refractivity contribution in [1.82, 2.24) is 4.47 Å². The predicted octanol–water partition coefficient (Wildman–Crippen LogP) is 2.78. The molecule has 0 saturated carbocycles. The van der Waals surface area contributed by atoms with Gasteiger partial charge in [0.1, 0.15) is 5.75 Å². The Labute approximate surface area is 151 Å². The third kappa shape index (κ3) is 4.29. The average Bonchev–Trinajstić information content (AvgIpc) is 2.61. The Balaban J connectivity index is 2.26. The summed E-state index contributed by atoms with van der Waals surface area (Å²) >= 11 is 6.02. The molecule has 0 atom stereocenters. The normalized spacial score (nSPS) is 11.4. The monoisotopic (exact) mass is 384 g/mol. The fourth-order valence-corrected chi connectivity index (χ4v) is 3.27. The summed E-state index contributed by atoms with van der Waals surface area (Å²) in [5, 5.41) is 3.00. The van der Waals surface area contributed by atoms with Crippen LogP contribution in [0.25, 0.3) is 0 Å². The molecule has 0 radical (unpaired) electrons. The minimum absolute atomic E-state index is 0.0581. The molecule has 0 unspecified atom stereocenters. The SMILES string of the molecule is COc1ccc(NC(=O)c2cccc(S(=O)(=O)N(C)OC)c2)cc1Cl. The first kappa shape index (κ1) is 19.2. The molecule has 25 heavy (non-hydrogen) atoms. The van der Waals surface area contributed by atoms with Gasteiger partial charge < -0.3 is 10.1 Å². The Hall–Kier alpha value is -2.13. The summed E-state index contributed by atoms with van der Waals surface area (Å²) in [4.78, 5) is 17.0. The number of sulfonamides is 1. The Bertz CT molecular complexity index is 886. The zero-order chi connectivity index (χ0) is 18.6. The van der Waals surface area contributed by atoms with Crippen LogP contribution in [0, 0.1) is 0 Å². The molecule has 0 bridgehead atoms. The van der Waals surface area contributed by atoms with Gasteiger partial charge in [0, 0.05) is 18.3 Å². The molecule has 0 saturated heterocycles. The van der Waals surface area contributed by atoms with E-state index in [1.165, 1.54) is 51.6 Å². The van der Waals surface area contributed by atoms with Gasteiger partial charge in [-0.2, -0.15) is 0 Å². The number of hydrogen-bond donors (Lipinski definition) is 1. The summed E-state index contributed by atoms with van der Waals surface area (Å²) in [6.07, 6.45) is 0. The highest BCUT2D eigenvalue weighted by Crippen LogP contribution is 2.27. The maximum atomic E-state index is 12.4. The highest BCUT2D eigenvalue weighted by Gasteiger charge is 2.22. The fraction of sp³-hybridized carbons (Fsp3) is 0.188. The topological polar surface area (TPSA) is 84.9 Å². The van der Waals surface area contributed by atoms with Gasteiger partial charge in [0.25, 0.3) is 15.9 Å². The van der Waals surface area contributed by atoms with Gasteiger partial charge in [-0.25, -0.2) is 8.42 Å². The Morgan fingerprint density at radius 3 is 2.48 bits per heavy atom. The van der Waals surface area contributed by atoms with Crippen LogP contribution < -0.4 is 10.1 Å². The molecule has 1 amide bonds. The van der Waals surface area contributed by atoms with Crippen LogP contribution >= 0.6 is 11.6 Å². The predicted molar refractivity (Wildman–Crippen MR) is 94.4 cm³/mol. The van der Waals surface area contributed by atoms with Crippen LogP contribution in [0.1, 0.15) is 10.4 Å². The zero-order valence-electron chi connectivity index (χ0n) is 13.8. The summed E-state index contributed by atoms with van der Waals surface area (Å²) in [6, 6.07) is 10.4. The first-order valence-electron chi connectivity index (χ1n) is 7.07. The van der Waals surface area contributed by atoms with Crippen molar-refractivity contribution in [2.75, 3.05) is 26.6 Å². The number of nitrogens with one attached hydrogen (secondary N) is 1. The number of rotatable bonds is 6. The molecule has 0 aromatic heterocycles. The number of nitrogens with zero attached hydrogens (tertiary/aromatic N) is 1. The second-order valence-corrected chi connectivity index (χ2v) is 7.27. The number of benzene rings is 2. The van der Waals surface area contributed by atoms with Gasteiger partial charge in [0.2, 0.25) is 0 Å². The van der Waals surface area contributed by atoms with Crippen LogP contribution in [0.5, 0.6) is 5.75 Å². The Morgan fingerprint density at radius 1 is 1.16 bits per heavy atom. The first-order valence-corrected chi connectivity index (χ1v) is 8.89. The molecule has 1 N–H and O–H groups in total. The lowest BCUT2D eigenvalue weighted by Crippen LogP contribution is -2.26. The van der Waals surface area contributed by atoms with Crippen molar-refractivity contribution in [3.05, 3.63) is 53.1 Å². The molecule has 0 aliphatic carbocycles. The summed E-state index contributed by atoms with van der Waals surface area (Å²) in [5.41, 5.74) is 0.635. The number of anilines is 1. The van der Waals surface area contributed by atoms with Gasteiger partial charge >= 0.3 is 0 Å². The van der Waals surface area contributed by atoms with Gasteiger partial charge in [-0.05, 0) is 36.4 Å². The number of halogens is 1. The zero-order valence-corrected chi connectivity index (χ0v) is 15.4. The van der Waals surface area contributed by atoms with Crippen LogP contribution in [0.2, 0.25) is 5.02 Å². The number of carbonyl (C=O) groups is 1. The second kappa shape index (κ2) is 7.83. The minimum Gasteiger partial charge on any atom is -0.495 e. The molecule has 0 spiro atoms. The van der Waals surface area contributed by atoms with Gasteiger partial charge in [-0.15, -0.1) is 0 Å². The van der Waals surface area contributed by atoms with Crippen molar-refractivity contribution >= 4 is 33.2 Å². The van der Waals surface area contributed by atoms with Gasteiger partial charge in [-0.3, -0.25) is 9.63 Å². The number of ether oxygens (including phenoxy) is 1. The molecule has 0 heterocycles. The largest absolute Gasteiger partial charge is 0.495 e. The summed E-state index contributed by atoms with van der Waals surface area (Å²) in [6.45, 7) is 0. The van der Waals surface area contributed by atoms with Crippen LogP contribution in [-0.4, -0.2) is 40.1 Å². The van der Waals surface area contributed by atoms with Crippen molar-refractivity contribution in [3.63, 3.8) is 0 Å². The Kier molecular flexibility index (Phi) is 6.02. The molecule has 7 nitrogen and oxygen atoms in total. The summed E-state index contributed by atoms with van der Waals surface area (Å²) in [5.74, 6) is 0.00807. The molecule has 134 valence electrons. The lowest BCUT2D eigenvalue weighted by Gasteiger charge is -2.14. The summed E-state index contributed by atoms with van der Waals surface area (Å²) in [7, 11) is 0.151. The molecule has 2 aromatic carbocycles. The number of carbonyl (C=O) groups excluding carboxylic acids is 1.